The second-order valence-electron chi connectivity index (χ2n) is 0.448. The van der Waals surface area contributed by atoms with Gasteiger partial charge in [0.15, 0.2) is 0 Å². The molecule has 0 bridgehead atoms. The van der Waals surface area contributed by atoms with E-state index >= 15 is 0 Å². The Hall–Kier alpha value is 1.38. The third-order valence-electron chi connectivity index (χ3n) is 0. The molecular formula is H4AuO3S3. The minimum atomic E-state index is -3.83. The summed E-state index contributed by atoms with van der Waals surface area (Å²) in [4.78, 5) is 0. The van der Waals surface area contributed by atoms with Gasteiger partial charge >= 0.3 is 0 Å². The van der Waals surface area contributed by atoms with E-state index in [4.69, 9.17) is 13.3 Å². The average Bonchev–Trinajstić information content (AvgIpc) is 0.722. The quantitative estimate of drug-likeness (QED) is 0.597. The second kappa shape index (κ2) is 5.52. The molecule has 0 aliphatic rings. The van der Waals surface area contributed by atoms with Gasteiger partial charge in [-0.05, 0) is 0 Å². The van der Waals surface area contributed by atoms with Crippen molar-refractivity contribution in [3.8, 4) is 0 Å². The smallest absolute Gasteiger partial charge is 0.263 e. The van der Waals surface area contributed by atoms with Crippen LogP contribution in [0, 0.1) is 0 Å². The largest absolute Gasteiger partial charge is 0.285 e. The monoisotopic (exact) mass is 345 g/mol. The van der Waals surface area contributed by atoms with E-state index in [2.05, 4.69) is 11.2 Å². The topological polar surface area (TPSA) is 57.5 Å². The van der Waals surface area contributed by atoms with E-state index in [-0.39, 0.29) is 35.9 Å². The molecule has 0 saturated carbocycles. The molecule has 0 aromatic heterocycles. The van der Waals surface area contributed by atoms with Crippen molar-refractivity contribution < 1.29 is 35.7 Å². The number of hydrogen-bond donors (Lipinski definition) is 2. The zero-order valence-corrected chi connectivity index (χ0v) is 7.72. The fraction of sp³-hybridized carbons (Fsp3) is 0. The van der Waals surface area contributed by atoms with Gasteiger partial charge in [-0.2, -0.15) is 17.7 Å². The number of hydrogen-bond acceptors (Lipinski definition) is 2. The maximum Gasteiger partial charge on any atom is 0.263 e. The third kappa shape index (κ3) is 112. The summed E-state index contributed by atoms with van der Waals surface area (Å²) in [6.07, 6.45) is 0. The Morgan fingerprint density at radius 3 is 1.43 bits per heavy atom. The first-order valence-corrected chi connectivity index (χ1v) is 3.10. The summed E-state index contributed by atoms with van der Waals surface area (Å²) in [5.41, 5.74) is 0. The predicted octanol–water partition coefficient (Wildman–Crippen LogP) is -0.211. The fourth-order valence-corrected chi connectivity index (χ4v) is 0. The Bertz CT molecular complexity index is 93.3. The number of rotatable bonds is 0. The van der Waals surface area contributed by atoms with Gasteiger partial charge in [-0.1, -0.05) is 0 Å². The fourth-order valence-electron chi connectivity index (χ4n) is 0. The van der Waals surface area contributed by atoms with E-state index in [1.165, 1.54) is 0 Å². The van der Waals surface area contributed by atoms with Crippen LogP contribution in [0.4, 0.5) is 0 Å². The van der Waals surface area contributed by atoms with Gasteiger partial charge in [0, 0.05) is 33.6 Å². The van der Waals surface area contributed by atoms with Gasteiger partial charge in [-0.25, -0.2) is 0 Å². The Kier molecular flexibility index (Phi) is 12.4. The molecule has 7 heavy (non-hydrogen) atoms. The van der Waals surface area contributed by atoms with Crippen molar-refractivity contribution in [1.29, 1.82) is 0 Å². The van der Waals surface area contributed by atoms with Crippen LogP contribution in [0.2, 0.25) is 0 Å². The Balaban J connectivity index is -0.0000000800. The Morgan fingerprint density at radius 2 is 1.43 bits per heavy atom. The van der Waals surface area contributed by atoms with Gasteiger partial charge in [-0.15, -0.1) is 0 Å². The summed E-state index contributed by atoms with van der Waals surface area (Å²) in [5, 5.41) is 0. The van der Waals surface area contributed by atoms with Crippen molar-refractivity contribution in [2.24, 2.45) is 0 Å². The van der Waals surface area contributed by atoms with Gasteiger partial charge in [0.25, 0.3) is 9.05 Å². The van der Waals surface area contributed by atoms with Crippen LogP contribution >= 0.6 is 13.5 Å². The van der Waals surface area contributed by atoms with Crippen LogP contribution in [0.15, 0.2) is 0 Å². The van der Waals surface area contributed by atoms with E-state index in [0.717, 1.165) is 0 Å². The van der Waals surface area contributed by atoms with Crippen LogP contribution in [0.5, 0.6) is 0 Å². The van der Waals surface area contributed by atoms with Crippen molar-refractivity contribution in [1.82, 2.24) is 0 Å². The van der Waals surface area contributed by atoms with Crippen LogP contribution < -0.4 is 0 Å². The van der Waals surface area contributed by atoms with Crippen LogP contribution in [0.1, 0.15) is 0 Å². The van der Waals surface area contributed by atoms with Crippen LogP contribution in [0.25, 0.3) is 0 Å². The van der Waals surface area contributed by atoms with Crippen LogP contribution in [-0.2, 0) is 42.6 Å². The first-order chi connectivity index (χ1) is 2.00. The molecule has 0 aromatic rings. The molecule has 0 aliphatic carbocycles. The maximum atomic E-state index is 9.11. The summed E-state index contributed by atoms with van der Waals surface area (Å²) < 4.78 is 24.0. The molecule has 0 fully saturated rings. The summed E-state index contributed by atoms with van der Waals surface area (Å²) >= 11 is 3.47. The molecule has 7 heteroatoms. The molecule has 0 aliphatic heterocycles. The summed E-state index contributed by atoms with van der Waals surface area (Å²) in [5.74, 6) is 0. The Labute approximate surface area is 69.2 Å². The predicted molar refractivity (Wildman–Crippen MR) is 31.1 cm³/mol. The molecule has 0 unspecified atom stereocenters. The zero-order chi connectivity index (χ0) is 4.50. The first kappa shape index (κ1) is 15.8. The van der Waals surface area contributed by atoms with E-state index in [0.29, 0.717) is 0 Å². The van der Waals surface area contributed by atoms with Crippen molar-refractivity contribution in [3.63, 3.8) is 0 Å². The molecule has 2 N–H and O–H groups in total. The minimum Gasteiger partial charge on any atom is -0.285 e. The average molecular weight is 345 g/mol. The SMILES string of the molecule is O=S(O)(O)=S.S.[Au]. The molecule has 0 rings (SSSR count). The Morgan fingerprint density at radius 1 is 1.43 bits per heavy atom. The van der Waals surface area contributed by atoms with E-state index in [9.17, 15) is 0 Å². The molecule has 1 radical (unpaired) electrons. The van der Waals surface area contributed by atoms with E-state index in [1.54, 1.807) is 0 Å². The van der Waals surface area contributed by atoms with Gasteiger partial charge < -0.3 is 0 Å². The minimum absolute atomic E-state index is 0. The van der Waals surface area contributed by atoms with E-state index in [1.807, 2.05) is 0 Å². The van der Waals surface area contributed by atoms with Crippen LogP contribution in [0.3, 0.4) is 0 Å². The van der Waals surface area contributed by atoms with Gasteiger partial charge in [0.1, 0.15) is 0 Å². The molecule has 51 valence electrons. The van der Waals surface area contributed by atoms with Gasteiger partial charge in [0.05, 0.1) is 0 Å². The summed E-state index contributed by atoms with van der Waals surface area (Å²) in [6, 6.07) is 0. The molecule has 0 atom stereocenters. The van der Waals surface area contributed by atoms with Crippen LogP contribution in [-0.4, -0.2) is 13.3 Å². The maximum absolute atomic E-state index is 9.11. The van der Waals surface area contributed by atoms with E-state index < -0.39 is 9.05 Å². The molecule has 0 spiro atoms. The third-order valence-corrected chi connectivity index (χ3v) is 0. The van der Waals surface area contributed by atoms with Crippen molar-refractivity contribution in [2.45, 2.75) is 0 Å². The molecule has 0 heterocycles. The molecule has 0 amide bonds. The van der Waals surface area contributed by atoms with Crippen molar-refractivity contribution in [2.75, 3.05) is 0 Å². The standard InChI is InChI=1S/Au.H2O3S2.H2S/c;1-5(2,3)4;/h;(H2,1,2,3,4);1H2. The summed E-state index contributed by atoms with van der Waals surface area (Å²) in [7, 11) is -3.83. The molecule has 3 nitrogen and oxygen atoms in total. The first-order valence-electron chi connectivity index (χ1n) is 0.698. The van der Waals surface area contributed by atoms with Crippen molar-refractivity contribution >= 4 is 33.7 Å². The second-order valence-corrected chi connectivity index (χ2v) is 2.65. The zero-order valence-electron chi connectivity index (χ0n) is 2.92. The molecule has 0 saturated heterocycles. The van der Waals surface area contributed by atoms with Gasteiger partial charge in [0.2, 0.25) is 0 Å². The summed E-state index contributed by atoms with van der Waals surface area (Å²) in [6.45, 7) is 0. The van der Waals surface area contributed by atoms with Crippen molar-refractivity contribution in [3.05, 3.63) is 0 Å². The normalized spacial score (nSPS) is 8.29. The van der Waals surface area contributed by atoms with Gasteiger partial charge in [-0.3, -0.25) is 9.11 Å². The molecular weight excluding hydrogens is 341 g/mol. The molecule has 0 aromatic carbocycles.